The molecule has 1 aromatic rings. The van der Waals surface area contributed by atoms with Gasteiger partial charge in [-0.3, -0.25) is 0 Å². The second kappa shape index (κ2) is 5.89. The molecule has 0 aliphatic carbocycles. The highest BCUT2D eigenvalue weighted by molar-refractivity contribution is 5.89. The topological polar surface area (TPSA) is 46.5 Å². The van der Waals surface area contributed by atoms with Crippen LogP contribution in [0, 0.1) is 12.3 Å². The summed E-state index contributed by atoms with van der Waals surface area (Å²) < 4.78 is 5.62. The quantitative estimate of drug-likeness (QED) is 0.806. The molecule has 0 spiro atoms. The zero-order chi connectivity index (χ0) is 13.8. The minimum atomic E-state index is -0.896. The molecule has 0 saturated heterocycles. The monoisotopic (exact) mass is 250 g/mol. The van der Waals surface area contributed by atoms with E-state index in [1.54, 1.807) is 25.1 Å². The Labute approximate surface area is 109 Å². The number of aryl methyl sites for hydroxylation is 1. The zero-order valence-corrected chi connectivity index (χ0v) is 11.6. The van der Waals surface area contributed by atoms with Gasteiger partial charge in [0.15, 0.2) is 0 Å². The molecule has 1 aromatic carbocycles. The van der Waals surface area contributed by atoms with E-state index in [9.17, 15) is 4.79 Å². The number of hydrogen-bond acceptors (Lipinski definition) is 2. The van der Waals surface area contributed by atoms with Gasteiger partial charge in [0.05, 0.1) is 12.2 Å². The third kappa shape index (κ3) is 4.78. The Hall–Kier alpha value is -1.51. The maximum absolute atomic E-state index is 10.9. The van der Waals surface area contributed by atoms with Crippen molar-refractivity contribution in [3.63, 3.8) is 0 Å². The van der Waals surface area contributed by atoms with E-state index in [2.05, 4.69) is 20.8 Å². The lowest BCUT2D eigenvalue weighted by Crippen LogP contribution is -2.08. The summed E-state index contributed by atoms with van der Waals surface area (Å²) in [5.74, 6) is -0.154. The maximum Gasteiger partial charge on any atom is 0.335 e. The highest BCUT2D eigenvalue weighted by Crippen LogP contribution is 2.21. The third-order valence-corrected chi connectivity index (χ3v) is 2.77. The summed E-state index contributed by atoms with van der Waals surface area (Å²) in [6, 6.07) is 5.09. The van der Waals surface area contributed by atoms with Crippen molar-refractivity contribution in [2.75, 3.05) is 6.61 Å². The van der Waals surface area contributed by atoms with Crippen LogP contribution in [0.3, 0.4) is 0 Å². The lowest BCUT2D eigenvalue weighted by Gasteiger charge is -2.17. The fraction of sp³-hybridized carbons (Fsp3) is 0.533. The van der Waals surface area contributed by atoms with Gasteiger partial charge < -0.3 is 9.84 Å². The molecule has 0 aliphatic heterocycles. The molecule has 0 unspecified atom stereocenters. The largest absolute Gasteiger partial charge is 0.494 e. The summed E-state index contributed by atoms with van der Waals surface area (Å²) in [6.07, 6.45) is 2.11. The predicted octanol–water partition coefficient (Wildman–Crippen LogP) is 3.90. The van der Waals surface area contributed by atoms with Crippen LogP contribution in [0.4, 0.5) is 0 Å². The van der Waals surface area contributed by atoms with Gasteiger partial charge in [-0.05, 0) is 48.9 Å². The van der Waals surface area contributed by atoms with Crippen molar-refractivity contribution in [1.82, 2.24) is 0 Å². The standard InChI is InChI=1S/C15H22O3/c1-11-10-12(6-7-13(11)14(16)17)18-9-5-8-15(2,3)4/h6-7,10H,5,8-9H2,1-4H3,(H,16,17). The van der Waals surface area contributed by atoms with Crippen LogP contribution in [0.2, 0.25) is 0 Å². The van der Waals surface area contributed by atoms with Crippen molar-refractivity contribution in [2.45, 2.75) is 40.5 Å². The molecule has 0 radical (unpaired) electrons. The summed E-state index contributed by atoms with van der Waals surface area (Å²) in [5.41, 5.74) is 1.39. The van der Waals surface area contributed by atoms with E-state index in [1.165, 1.54) is 0 Å². The average Bonchev–Trinajstić information content (AvgIpc) is 2.22. The molecule has 1 rings (SSSR count). The van der Waals surface area contributed by atoms with Gasteiger partial charge in [-0.2, -0.15) is 0 Å². The van der Waals surface area contributed by atoms with Crippen LogP contribution in [0.25, 0.3) is 0 Å². The molecule has 3 nitrogen and oxygen atoms in total. The van der Waals surface area contributed by atoms with Crippen molar-refractivity contribution in [1.29, 1.82) is 0 Å². The normalized spacial score (nSPS) is 11.3. The Morgan fingerprint density at radius 2 is 2.00 bits per heavy atom. The molecule has 0 atom stereocenters. The van der Waals surface area contributed by atoms with Crippen molar-refractivity contribution in [2.24, 2.45) is 5.41 Å². The minimum absolute atomic E-state index is 0.326. The first kappa shape index (κ1) is 14.6. The zero-order valence-electron chi connectivity index (χ0n) is 11.6. The van der Waals surface area contributed by atoms with Gasteiger partial charge in [-0.15, -0.1) is 0 Å². The first-order valence-electron chi connectivity index (χ1n) is 6.26. The van der Waals surface area contributed by atoms with Crippen molar-refractivity contribution in [3.05, 3.63) is 29.3 Å². The number of aromatic carboxylic acids is 1. The lowest BCUT2D eigenvalue weighted by atomic mass is 9.91. The first-order valence-corrected chi connectivity index (χ1v) is 6.26. The Bertz CT molecular complexity index is 416. The van der Waals surface area contributed by atoms with Crippen molar-refractivity contribution < 1.29 is 14.6 Å². The number of rotatable bonds is 5. The predicted molar refractivity (Wildman–Crippen MR) is 72.3 cm³/mol. The highest BCUT2D eigenvalue weighted by Gasteiger charge is 2.10. The number of benzene rings is 1. The molecule has 100 valence electrons. The molecular formula is C15H22O3. The molecule has 1 N–H and O–H groups in total. The molecule has 0 saturated carbocycles. The summed E-state index contributed by atoms with van der Waals surface area (Å²) in [7, 11) is 0. The van der Waals surface area contributed by atoms with Crippen LogP contribution >= 0.6 is 0 Å². The Kier molecular flexibility index (Phi) is 4.76. The summed E-state index contributed by atoms with van der Waals surface area (Å²) in [5, 5.41) is 8.92. The highest BCUT2D eigenvalue weighted by atomic mass is 16.5. The molecule has 0 heterocycles. The molecule has 18 heavy (non-hydrogen) atoms. The van der Waals surface area contributed by atoms with Crippen LogP contribution in [0.15, 0.2) is 18.2 Å². The van der Waals surface area contributed by atoms with E-state index in [1.807, 2.05) is 0 Å². The van der Waals surface area contributed by atoms with Gasteiger partial charge in [0, 0.05) is 0 Å². The van der Waals surface area contributed by atoms with Crippen LogP contribution in [0.5, 0.6) is 5.75 Å². The summed E-state index contributed by atoms with van der Waals surface area (Å²) in [4.78, 5) is 10.9. The van der Waals surface area contributed by atoms with Crippen molar-refractivity contribution >= 4 is 5.97 Å². The van der Waals surface area contributed by atoms with Crippen LogP contribution in [-0.4, -0.2) is 17.7 Å². The van der Waals surface area contributed by atoms with E-state index >= 15 is 0 Å². The van der Waals surface area contributed by atoms with Crippen LogP contribution in [0.1, 0.15) is 49.5 Å². The number of carboxylic acids is 1. The van der Waals surface area contributed by atoms with Gasteiger partial charge in [0.25, 0.3) is 0 Å². The fourth-order valence-corrected chi connectivity index (χ4v) is 1.76. The second-order valence-corrected chi connectivity index (χ2v) is 5.79. The Morgan fingerprint density at radius 1 is 1.33 bits per heavy atom. The summed E-state index contributed by atoms with van der Waals surface area (Å²) >= 11 is 0. The van der Waals surface area contributed by atoms with Gasteiger partial charge >= 0.3 is 5.97 Å². The van der Waals surface area contributed by atoms with Gasteiger partial charge in [-0.25, -0.2) is 4.79 Å². The summed E-state index contributed by atoms with van der Waals surface area (Å²) in [6.45, 7) is 9.07. The van der Waals surface area contributed by atoms with Crippen LogP contribution < -0.4 is 4.74 Å². The molecule has 0 aliphatic rings. The number of ether oxygens (including phenoxy) is 1. The van der Waals surface area contributed by atoms with E-state index in [0.29, 0.717) is 17.6 Å². The van der Waals surface area contributed by atoms with Gasteiger partial charge in [-0.1, -0.05) is 20.8 Å². The smallest absolute Gasteiger partial charge is 0.335 e. The number of hydrogen-bond donors (Lipinski definition) is 1. The third-order valence-electron chi connectivity index (χ3n) is 2.77. The van der Waals surface area contributed by atoms with E-state index in [0.717, 1.165) is 24.2 Å². The molecule has 3 heteroatoms. The number of carbonyl (C=O) groups is 1. The average molecular weight is 250 g/mol. The molecule has 0 fully saturated rings. The maximum atomic E-state index is 10.9. The van der Waals surface area contributed by atoms with E-state index in [4.69, 9.17) is 9.84 Å². The van der Waals surface area contributed by atoms with Crippen molar-refractivity contribution in [3.8, 4) is 5.75 Å². The number of carboxylic acid groups (broad SMARTS) is 1. The molecule has 0 amide bonds. The van der Waals surface area contributed by atoms with Gasteiger partial charge in [0.1, 0.15) is 5.75 Å². The van der Waals surface area contributed by atoms with E-state index < -0.39 is 5.97 Å². The Morgan fingerprint density at radius 3 is 2.50 bits per heavy atom. The molecule has 0 aromatic heterocycles. The second-order valence-electron chi connectivity index (χ2n) is 5.79. The Balaban J connectivity index is 2.49. The molecule has 0 bridgehead atoms. The lowest BCUT2D eigenvalue weighted by molar-refractivity contribution is 0.0696. The first-order chi connectivity index (χ1) is 8.29. The fourth-order valence-electron chi connectivity index (χ4n) is 1.76. The van der Waals surface area contributed by atoms with Crippen LogP contribution in [-0.2, 0) is 0 Å². The van der Waals surface area contributed by atoms with E-state index in [-0.39, 0.29) is 0 Å². The SMILES string of the molecule is Cc1cc(OCCCC(C)(C)C)ccc1C(=O)O. The van der Waals surface area contributed by atoms with Gasteiger partial charge in [0.2, 0.25) is 0 Å². The molecular weight excluding hydrogens is 228 g/mol. The minimum Gasteiger partial charge on any atom is -0.494 e.